The van der Waals surface area contributed by atoms with Crippen molar-refractivity contribution >= 4 is 5.91 Å². The topological polar surface area (TPSA) is 87.1 Å². The molecule has 0 atom stereocenters. The number of aromatic nitrogens is 2. The van der Waals surface area contributed by atoms with E-state index in [1.165, 1.54) is 18.3 Å². The number of aromatic hydroxyl groups is 1. The van der Waals surface area contributed by atoms with E-state index in [1.54, 1.807) is 31.2 Å². The number of carbonyl (C=O) groups excluding carboxylic acids is 1. The van der Waals surface area contributed by atoms with E-state index in [9.17, 15) is 19.1 Å². The van der Waals surface area contributed by atoms with Crippen molar-refractivity contribution in [3.8, 4) is 22.7 Å². The van der Waals surface area contributed by atoms with Crippen LogP contribution in [-0.4, -0.2) is 26.6 Å². The van der Waals surface area contributed by atoms with E-state index in [1.807, 2.05) is 13.8 Å². The second-order valence-corrected chi connectivity index (χ2v) is 6.69. The van der Waals surface area contributed by atoms with Crippen LogP contribution in [0.25, 0.3) is 16.8 Å². The number of aromatic amines is 1. The lowest BCUT2D eigenvalue weighted by molar-refractivity contribution is 0.0943. The number of amides is 1. The first-order valence-corrected chi connectivity index (χ1v) is 8.48. The first-order valence-electron chi connectivity index (χ1n) is 8.48. The van der Waals surface area contributed by atoms with Crippen LogP contribution in [0.4, 0.5) is 4.39 Å². The fourth-order valence-electron chi connectivity index (χ4n) is 2.81. The number of imidazole rings is 1. The molecule has 6 nitrogen and oxygen atoms in total. The highest BCUT2D eigenvalue weighted by molar-refractivity contribution is 5.96. The molecule has 1 heterocycles. The van der Waals surface area contributed by atoms with Gasteiger partial charge in [0.2, 0.25) is 5.88 Å². The molecule has 27 heavy (non-hydrogen) atoms. The summed E-state index contributed by atoms with van der Waals surface area (Å²) in [7, 11) is 0. The van der Waals surface area contributed by atoms with Crippen molar-refractivity contribution in [1.82, 2.24) is 14.9 Å². The van der Waals surface area contributed by atoms with Gasteiger partial charge in [-0.15, -0.1) is 0 Å². The third-order valence-electron chi connectivity index (χ3n) is 4.02. The number of benzene rings is 2. The highest BCUT2D eigenvalue weighted by atomic mass is 19.1. The minimum absolute atomic E-state index is 0.0836. The average molecular weight is 369 g/mol. The number of H-pyrrole nitrogens is 1. The SMILES string of the molecule is Cc1ccc(-c2cc(C(=O)NC(C)C)cc(-n3cc(O)[nH]c3=O)c2)c(F)c1. The summed E-state index contributed by atoms with van der Waals surface area (Å²) >= 11 is 0. The molecule has 0 aliphatic carbocycles. The minimum Gasteiger partial charge on any atom is -0.493 e. The number of nitrogens with zero attached hydrogens (tertiary/aromatic N) is 1. The van der Waals surface area contributed by atoms with E-state index in [4.69, 9.17) is 0 Å². The van der Waals surface area contributed by atoms with Gasteiger partial charge in [0.05, 0.1) is 11.9 Å². The van der Waals surface area contributed by atoms with Crippen LogP contribution in [0.3, 0.4) is 0 Å². The Labute approximate surface area is 155 Å². The summed E-state index contributed by atoms with van der Waals surface area (Å²) in [5.41, 5.74) is 1.59. The molecule has 3 aromatic rings. The Hall–Kier alpha value is -3.35. The number of hydrogen-bond donors (Lipinski definition) is 3. The summed E-state index contributed by atoms with van der Waals surface area (Å²) < 4.78 is 15.6. The van der Waals surface area contributed by atoms with Gasteiger partial charge in [-0.3, -0.25) is 14.3 Å². The van der Waals surface area contributed by atoms with Crippen molar-refractivity contribution in [2.75, 3.05) is 0 Å². The highest BCUT2D eigenvalue weighted by Gasteiger charge is 2.15. The molecule has 0 spiro atoms. The fourth-order valence-corrected chi connectivity index (χ4v) is 2.81. The lowest BCUT2D eigenvalue weighted by Crippen LogP contribution is -2.30. The number of aryl methyl sites for hydroxylation is 1. The van der Waals surface area contributed by atoms with E-state index in [2.05, 4.69) is 10.3 Å². The standard InChI is InChI=1S/C20H20FN3O3/c1-11(2)22-19(26)14-7-13(16-5-4-12(3)6-17(16)21)8-15(9-14)24-10-18(25)23-20(24)27/h4-11,25H,1-3H3,(H,22,26)(H,23,27). The molecule has 0 saturated heterocycles. The minimum atomic E-state index is -0.566. The summed E-state index contributed by atoms with van der Waals surface area (Å²) in [6, 6.07) is 9.41. The molecule has 3 N–H and O–H groups in total. The molecule has 1 amide bonds. The molecule has 0 aliphatic rings. The molecule has 7 heteroatoms. The Morgan fingerprint density at radius 2 is 1.96 bits per heavy atom. The monoisotopic (exact) mass is 369 g/mol. The highest BCUT2D eigenvalue weighted by Crippen LogP contribution is 2.27. The van der Waals surface area contributed by atoms with Crippen LogP contribution in [0.5, 0.6) is 5.88 Å². The predicted octanol–water partition coefficient (Wildman–Crippen LogP) is 3.12. The molecule has 0 aliphatic heterocycles. The van der Waals surface area contributed by atoms with Gasteiger partial charge < -0.3 is 10.4 Å². The number of carbonyl (C=O) groups is 1. The lowest BCUT2D eigenvalue weighted by atomic mass is 9.99. The average Bonchev–Trinajstić information content (AvgIpc) is 2.92. The summed E-state index contributed by atoms with van der Waals surface area (Å²) in [6.07, 6.45) is 1.21. The largest absolute Gasteiger partial charge is 0.493 e. The van der Waals surface area contributed by atoms with Gasteiger partial charge in [0, 0.05) is 17.2 Å². The van der Waals surface area contributed by atoms with Gasteiger partial charge in [-0.05, 0) is 56.2 Å². The molecule has 0 unspecified atom stereocenters. The van der Waals surface area contributed by atoms with Crippen LogP contribution in [-0.2, 0) is 0 Å². The van der Waals surface area contributed by atoms with Crippen LogP contribution >= 0.6 is 0 Å². The fraction of sp³-hybridized carbons (Fsp3) is 0.200. The Kier molecular flexibility index (Phi) is 4.85. The third-order valence-corrected chi connectivity index (χ3v) is 4.02. The van der Waals surface area contributed by atoms with Gasteiger partial charge in [0.25, 0.3) is 5.91 Å². The number of hydrogen-bond acceptors (Lipinski definition) is 3. The number of nitrogens with one attached hydrogen (secondary N) is 2. The quantitative estimate of drug-likeness (QED) is 0.660. The molecule has 0 radical (unpaired) electrons. The predicted molar refractivity (Wildman–Crippen MR) is 101 cm³/mol. The Bertz CT molecular complexity index is 1070. The van der Waals surface area contributed by atoms with E-state index in [0.29, 0.717) is 16.8 Å². The van der Waals surface area contributed by atoms with Gasteiger partial charge in [0.1, 0.15) is 5.82 Å². The molecule has 0 saturated carbocycles. The molecule has 3 rings (SSSR count). The molecule has 2 aromatic carbocycles. The smallest absolute Gasteiger partial charge is 0.332 e. The van der Waals surface area contributed by atoms with E-state index < -0.39 is 11.5 Å². The normalized spacial score (nSPS) is 11.0. The molecule has 1 aromatic heterocycles. The van der Waals surface area contributed by atoms with Gasteiger partial charge in [-0.25, -0.2) is 9.18 Å². The van der Waals surface area contributed by atoms with Crippen molar-refractivity contribution in [3.05, 3.63) is 70.0 Å². The summed E-state index contributed by atoms with van der Waals surface area (Å²) in [5.74, 6) is -1.07. The maximum atomic E-state index is 14.5. The molecule has 140 valence electrons. The Balaban J connectivity index is 2.21. The number of rotatable bonds is 4. The van der Waals surface area contributed by atoms with Crippen molar-refractivity contribution in [3.63, 3.8) is 0 Å². The van der Waals surface area contributed by atoms with E-state index in [-0.39, 0.29) is 23.4 Å². The third kappa shape index (κ3) is 3.92. The van der Waals surface area contributed by atoms with Crippen molar-refractivity contribution in [1.29, 1.82) is 0 Å². The maximum absolute atomic E-state index is 14.5. The second-order valence-electron chi connectivity index (χ2n) is 6.69. The lowest BCUT2D eigenvalue weighted by Gasteiger charge is -2.13. The first-order chi connectivity index (χ1) is 12.7. The van der Waals surface area contributed by atoms with Gasteiger partial charge >= 0.3 is 5.69 Å². The van der Waals surface area contributed by atoms with Crippen LogP contribution in [0.2, 0.25) is 0 Å². The molecular weight excluding hydrogens is 349 g/mol. The Morgan fingerprint density at radius 3 is 2.56 bits per heavy atom. The zero-order valence-electron chi connectivity index (χ0n) is 15.2. The van der Waals surface area contributed by atoms with E-state index >= 15 is 0 Å². The maximum Gasteiger partial charge on any atom is 0.332 e. The van der Waals surface area contributed by atoms with Crippen molar-refractivity contribution < 1.29 is 14.3 Å². The van der Waals surface area contributed by atoms with Crippen molar-refractivity contribution in [2.24, 2.45) is 0 Å². The molecule has 0 fully saturated rings. The molecular formula is C20H20FN3O3. The van der Waals surface area contributed by atoms with Crippen LogP contribution in [0, 0.1) is 12.7 Å². The molecule has 0 bridgehead atoms. The van der Waals surface area contributed by atoms with Crippen LogP contribution in [0.15, 0.2) is 47.4 Å². The van der Waals surface area contributed by atoms with Crippen LogP contribution in [0.1, 0.15) is 29.8 Å². The first kappa shape index (κ1) is 18.4. The Morgan fingerprint density at radius 1 is 1.22 bits per heavy atom. The summed E-state index contributed by atoms with van der Waals surface area (Å²) in [6.45, 7) is 5.45. The number of halogens is 1. The summed E-state index contributed by atoms with van der Waals surface area (Å²) in [4.78, 5) is 26.8. The van der Waals surface area contributed by atoms with Crippen LogP contribution < -0.4 is 11.0 Å². The van der Waals surface area contributed by atoms with Gasteiger partial charge in [-0.2, -0.15) is 0 Å². The second kappa shape index (κ2) is 7.11. The zero-order valence-corrected chi connectivity index (χ0v) is 15.2. The van der Waals surface area contributed by atoms with Gasteiger partial charge in [0.15, 0.2) is 0 Å². The van der Waals surface area contributed by atoms with Crippen molar-refractivity contribution in [2.45, 2.75) is 26.8 Å². The van der Waals surface area contributed by atoms with E-state index in [0.717, 1.165) is 10.1 Å². The zero-order chi connectivity index (χ0) is 19.7. The van der Waals surface area contributed by atoms with Gasteiger partial charge in [-0.1, -0.05) is 12.1 Å². The summed E-state index contributed by atoms with van der Waals surface area (Å²) in [5, 5.41) is 12.3.